The molecular weight excluding hydrogens is 330 g/mol. The zero-order valence-electron chi connectivity index (χ0n) is 13.1. The summed E-state index contributed by atoms with van der Waals surface area (Å²) in [7, 11) is 0. The van der Waals surface area contributed by atoms with Crippen molar-refractivity contribution in [2.45, 2.75) is 13.8 Å². The number of imide groups is 1. The molecule has 6 nitrogen and oxygen atoms in total. The standard InChI is InChI=1S/C17H14ClN3O3/c1-9-6-10(2)14(12(18)7-9)20-13(22)8-21-16(23)11-4-3-5-19-15(11)17(21)24/h3-7H,8H2,1-2H3,(H,20,22). The van der Waals surface area contributed by atoms with Crippen LogP contribution in [0.3, 0.4) is 0 Å². The number of nitrogens with one attached hydrogen (secondary N) is 1. The van der Waals surface area contributed by atoms with Gasteiger partial charge in [0.2, 0.25) is 5.91 Å². The maximum atomic E-state index is 12.3. The maximum Gasteiger partial charge on any atom is 0.280 e. The third-order valence-corrected chi connectivity index (χ3v) is 4.03. The second-order valence-electron chi connectivity index (χ2n) is 5.58. The number of anilines is 1. The van der Waals surface area contributed by atoms with Crippen molar-refractivity contribution in [2.75, 3.05) is 11.9 Å². The van der Waals surface area contributed by atoms with Crippen molar-refractivity contribution in [3.05, 3.63) is 57.9 Å². The van der Waals surface area contributed by atoms with E-state index in [1.807, 2.05) is 19.9 Å². The molecule has 3 rings (SSSR count). The molecule has 1 aliphatic heterocycles. The first-order chi connectivity index (χ1) is 11.4. The van der Waals surface area contributed by atoms with E-state index in [-0.39, 0.29) is 11.3 Å². The van der Waals surface area contributed by atoms with Crippen molar-refractivity contribution in [3.63, 3.8) is 0 Å². The van der Waals surface area contributed by atoms with Crippen molar-refractivity contribution >= 4 is 35.0 Å². The molecule has 7 heteroatoms. The van der Waals surface area contributed by atoms with E-state index in [0.29, 0.717) is 10.7 Å². The summed E-state index contributed by atoms with van der Waals surface area (Å²) in [5.74, 6) is -1.60. The predicted molar refractivity (Wildman–Crippen MR) is 89.2 cm³/mol. The second-order valence-corrected chi connectivity index (χ2v) is 5.99. The Kier molecular flexibility index (Phi) is 4.07. The zero-order chi connectivity index (χ0) is 17.4. The third-order valence-electron chi connectivity index (χ3n) is 3.73. The number of pyridine rings is 1. The summed E-state index contributed by atoms with van der Waals surface area (Å²) in [6.07, 6.45) is 1.43. The van der Waals surface area contributed by atoms with Gasteiger partial charge in [-0.1, -0.05) is 17.7 Å². The average Bonchev–Trinajstić information content (AvgIpc) is 2.76. The van der Waals surface area contributed by atoms with Crippen molar-refractivity contribution < 1.29 is 14.4 Å². The molecule has 2 aromatic rings. The van der Waals surface area contributed by atoms with Crippen LogP contribution in [-0.4, -0.2) is 34.2 Å². The number of carbonyl (C=O) groups is 3. The molecule has 1 N–H and O–H groups in total. The number of benzene rings is 1. The lowest BCUT2D eigenvalue weighted by atomic mass is 10.1. The monoisotopic (exact) mass is 343 g/mol. The summed E-state index contributed by atoms with van der Waals surface area (Å²) < 4.78 is 0. The highest BCUT2D eigenvalue weighted by Crippen LogP contribution is 2.27. The van der Waals surface area contributed by atoms with Gasteiger partial charge in [0.15, 0.2) is 0 Å². The van der Waals surface area contributed by atoms with Crippen molar-refractivity contribution in [3.8, 4) is 0 Å². The van der Waals surface area contributed by atoms with Gasteiger partial charge in [0.1, 0.15) is 12.2 Å². The highest BCUT2D eigenvalue weighted by atomic mass is 35.5. The number of aromatic nitrogens is 1. The van der Waals surface area contributed by atoms with Crippen LogP contribution in [0.15, 0.2) is 30.5 Å². The highest BCUT2D eigenvalue weighted by Gasteiger charge is 2.37. The summed E-state index contributed by atoms with van der Waals surface area (Å²) >= 11 is 6.15. The molecule has 1 aromatic heterocycles. The molecule has 1 aliphatic rings. The quantitative estimate of drug-likeness (QED) is 0.869. The highest BCUT2D eigenvalue weighted by molar-refractivity contribution is 6.34. The van der Waals surface area contributed by atoms with E-state index in [4.69, 9.17) is 11.6 Å². The number of hydrogen-bond donors (Lipinski definition) is 1. The molecule has 0 unspecified atom stereocenters. The van der Waals surface area contributed by atoms with Crippen LogP contribution < -0.4 is 5.32 Å². The van der Waals surface area contributed by atoms with Crippen LogP contribution >= 0.6 is 11.6 Å². The molecule has 0 fully saturated rings. The Morgan fingerprint density at radius 2 is 2.00 bits per heavy atom. The van der Waals surface area contributed by atoms with Crippen molar-refractivity contribution in [1.29, 1.82) is 0 Å². The first-order valence-electron chi connectivity index (χ1n) is 7.26. The second kappa shape index (κ2) is 6.05. The first kappa shape index (κ1) is 16.1. The van der Waals surface area contributed by atoms with Gasteiger partial charge in [0, 0.05) is 6.20 Å². The Hall–Kier alpha value is -2.73. The van der Waals surface area contributed by atoms with Gasteiger partial charge in [0.25, 0.3) is 11.8 Å². The predicted octanol–water partition coefficient (Wildman–Crippen LogP) is 2.59. The Morgan fingerprint density at radius 1 is 1.25 bits per heavy atom. The van der Waals surface area contributed by atoms with Gasteiger partial charge < -0.3 is 5.32 Å². The molecule has 0 atom stereocenters. The maximum absolute atomic E-state index is 12.3. The fourth-order valence-corrected chi connectivity index (χ4v) is 3.02. The van der Waals surface area contributed by atoms with Crippen LogP contribution in [0.25, 0.3) is 0 Å². The Bertz CT molecular complexity index is 821. The SMILES string of the molecule is Cc1cc(C)c(NC(=O)CN2C(=O)c3cccnc3C2=O)c(Cl)c1. The van der Waals surface area contributed by atoms with Gasteiger partial charge in [-0.2, -0.15) is 0 Å². The van der Waals surface area contributed by atoms with Crippen LogP contribution in [0.2, 0.25) is 5.02 Å². The van der Waals surface area contributed by atoms with Crippen LogP contribution in [-0.2, 0) is 4.79 Å². The number of amides is 3. The summed E-state index contributed by atoms with van der Waals surface area (Å²) in [6.45, 7) is 3.33. The molecule has 122 valence electrons. The summed E-state index contributed by atoms with van der Waals surface area (Å²) in [5, 5.41) is 3.07. The minimum atomic E-state index is -0.572. The summed E-state index contributed by atoms with van der Waals surface area (Å²) in [4.78, 5) is 41.5. The topological polar surface area (TPSA) is 79.4 Å². The normalized spacial score (nSPS) is 13.2. The van der Waals surface area contributed by atoms with Crippen LogP contribution in [0, 0.1) is 13.8 Å². The lowest BCUT2D eigenvalue weighted by Gasteiger charge is -2.15. The molecule has 0 aliphatic carbocycles. The van der Waals surface area contributed by atoms with Gasteiger partial charge in [-0.3, -0.25) is 24.3 Å². The van der Waals surface area contributed by atoms with Gasteiger partial charge in [-0.25, -0.2) is 0 Å². The minimum Gasteiger partial charge on any atom is -0.323 e. The van der Waals surface area contributed by atoms with E-state index in [1.165, 1.54) is 12.3 Å². The van der Waals surface area contributed by atoms with E-state index in [2.05, 4.69) is 10.3 Å². The molecule has 0 radical (unpaired) electrons. The molecular formula is C17H14ClN3O3. The molecule has 0 spiro atoms. The number of fused-ring (bicyclic) bond motifs is 1. The molecule has 1 aromatic carbocycles. The number of rotatable bonds is 3. The first-order valence-corrected chi connectivity index (χ1v) is 7.64. The molecule has 3 amide bonds. The Morgan fingerprint density at radius 3 is 2.67 bits per heavy atom. The average molecular weight is 344 g/mol. The minimum absolute atomic E-state index is 0.0693. The number of hydrogen-bond acceptors (Lipinski definition) is 4. The largest absolute Gasteiger partial charge is 0.323 e. The lowest BCUT2D eigenvalue weighted by Crippen LogP contribution is -2.37. The van der Waals surface area contributed by atoms with Gasteiger partial charge in [-0.15, -0.1) is 0 Å². The van der Waals surface area contributed by atoms with E-state index >= 15 is 0 Å². The van der Waals surface area contributed by atoms with Crippen LogP contribution in [0.4, 0.5) is 5.69 Å². The summed E-state index contributed by atoms with van der Waals surface area (Å²) in [6, 6.07) is 6.70. The van der Waals surface area contributed by atoms with Crippen LogP contribution in [0.5, 0.6) is 0 Å². The van der Waals surface area contributed by atoms with Gasteiger partial charge in [0.05, 0.1) is 16.3 Å². The molecule has 24 heavy (non-hydrogen) atoms. The number of halogens is 1. The van der Waals surface area contributed by atoms with E-state index < -0.39 is 24.3 Å². The fourth-order valence-electron chi connectivity index (χ4n) is 2.65. The van der Waals surface area contributed by atoms with E-state index in [0.717, 1.165) is 16.0 Å². The molecule has 0 saturated carbocycles. The zero-order valence-corrected chi connectivity index (χ0v) is 13.8. The Labute approximate surface area is 143 Å². The smallest absolute Gasteiger partial charge is 0.280 e. The van der Waals surface area contributed by atoms with Crippen LogP contribution in [0.1, 0.15) is 32.0 Å². The van der Waals surface area contributed by atoms with E-state index in [1.54, 1.807) is 12.1 Å². The van der Waals surface area contributed by atoms with Gasteiger partial charge in [-0.05, 0) is 43.2 Å². The lowest BCUT2D eigenvalue weighted by molar-refractivity contribution is -0.116. The third kappa shape index (κ3) is 2.76. The summed E-state index contributed by atoms with van der Waals surface area (Å²) in [5.41, 5.74) is 2.53. The van der Waals surface area contributed by atoms with E-state index in [9.17, 15) is 14.4 Å². The number of aryl methyl sites for hydroxylation is 2. The number of carbonyl (C=O) groups excluding carboxylic acids is 3. The molecule has 0 saturated heterocycles. The molecule has 2 heterocycles. The number of nitrogens with zero attached hydrogens (tertiary/aromatic N) is 2. The van der Waals surface area contributed by atoms with Crippen molar-refractivity contribution in [1.82, 2.24) is 9.88 Å². The molecule has 0 bridgehead atoms. The van der Waals surface area contributed by atoms with Gasteiger partial charge >= 0.3 is 0 Å². The fraction of sp³-hybridized carbons (Fsp3) is 0.176. The Balaban J connectivity index is 1.78. The van der Waals surface area contributed by atoms with Crippen molar-refractivity contribution in [2.24, 2.45) is 0 Å².